The van der Waals surface area contributed by atoms with Gasteiger partial charge < -0.3 is 10.1 Å². The molecule has 0 saturated heterocycles. The fraction of sp³-hybridized carbons (Fsp3) is 0.368. The molecule has 25 heavy (non-hydrogen) atoms. The Balaban J connectivity index is 1.67. The van der Waals surface area contributed by atoms with Crippen molar-refractivity contribution in [1.29, 1.82) is 5.26 Å². The van der Waals surface area contributed by atoms with Crippen LogP contribution in [0.1, 0.15) is 40.0 Å². The van der Waals surface area contributed by atoms with Crippen LogP contribution in [-0.2, 0) is 17.6 Å². The van der Waals surface area contributed by atoms with E-state index in [1.165, 1.54) is 16.2 Å². The van der Waals surface area contributed by atoms with Crippen molar-refractivity contribution < 1.29 is 9.53 Å². The van der Waals surface area contributed by atoms with E-state index in [2.05, 4.69) is 11.4 Å². The van der Waals surface area contributed by atoms with Crippen LogP contribution in [0.2, 0.25) is 5.02 Å². The number of thiophene rings is 1. The van der Waals surface area contributed by atoms with Gasteiger partial charge in [0.2, 0.25) is 0 Å². The maximum atomic E-state index is 12.2. The van der Waals surface area contributed by atoms with Crippen molar-refractivity contribution in [3.63, 3.8) is 0 Å². The lowest BCUT2D eigenvalue weighted by Crippen LogP contribution is -2.20. The van der Waals surface area contributed by atoms with Crippen molar-refractivity contribution in [2.75, 3.05) is 11.9 Å². The number of anilines is 1. The van der Waals surface area contributed by atoms with E-state index < -0.39 is 0 Å². The Morgan fingerprint density at radius 2 is 2.00 bits per heavy atom. The van der Waals surface area contributed by atoms with Crippen LogP contribution < -0.4 is 10.1 Å². The maximum absolute atomic E-state index is 12.2. The number of aryl methyl sites for hydroxylation is 3. The Hall–Kier alpha value is -2.03. The summed E-state index contributed by atoms with van der Waals surface area (Å²) in [6.07, 6.45) is 4.16. The highest BCUT2D eigenvalue weighted by Gasteiger charge is 2.21. The van der Waals surface area contributed by atoms with Gasteiger partial charge in [0.05, 0.1) is 5.56 Å². The van der Waals surface area contributed by atoms with Gasteiger partial charge in [-0.25, -0.2) is 0 Å². The summed E-state index contributed by atoms with van der Waals surface area (Å²) in [7, 11) is 0. The second-order valence-electron chi connectivity index (χ2n) is 6.23. The van der Waals surface area contributed by atoms with Gasteiger partial charge in [-0.3, -0.25) is 4.79 Å². The molecule has 4 nitrogen and oxygen atoms in total. The summed E-state index contributed by atoms with van der Waals surface area (Å²) in [5.74, 6) is 0.348. The lowest BCUT2D eigenvalue weighted by atomic mass is 9.96. The van der Waals surface area contributed by atoms with E-state index in [4.69, 9.17) is 16.3 Å². The molecule has 0 radical (unpaired) electrons. The fourth-order valence-corrected chi connectivity index (χ4v) is 4.44. The van der Waals surface area contributed by atoms with Gasteiger partial charge in [0.15, 0.2) is 6.61 Å². The highest BCUT2D eigenvalue weighted by Crippen LogP contribution is 2.37. The zero-order valence-electron chi connectivity index (χ0n) is 14.2. The first-order valence-electron chi connectivity index (χ1n) is 8.23. The van der Waals surface area contributed by atoms with Crippen LogP contribution >= 0.6 is 22.9 Å². The molecule has 0 spiro atoms. The summed E-state index contributed by atoms with van der Waals surface area (Å²) < 4.78 is 5.58. The zero-order chi connectivity index (χ0) is 18.0. The van der Waals surface area contributed by atoms with E-state index in [0.717, 1.165) is 42.4 Å². The van der Waals surface area contributed by atoms with Crippen LogP contribution in [-0.4, -0.2) is 12.5 Å². The Morgan fingerprint density at radius 3 is 2.68 bits per heavy atom. The molecule has 1 heterocycles. The minimum Gasteiger partial charge on any atom is -0.484 e. The number of nitrogens with zero attached hydrogens (tertiary/aromatic N) is 1. The topological polar surface area (TPSA) is 62.1 Å². The molecular formula is C19H19ClN2O2S. The highest BCUT2D eigenvalue weighted by atomic mass is 35.5. The Labute approximate surface area is 156 Å². The molecule has 0 bridgehead atoms. The monoisotopic (exact) mass is 374 g/mol. The highest BCUT2D eigenvalue weighted by molar-refractivity contribution is 7.16. The van der Waals surface area contributed by atoms with Crippen molar-refractivity contribution in [2.24, 2.45) is 0 Å². The standard InChI is InChI=1S/C19H19ClN2O2S/c1-11-7-13(8-12(2)18(11)20)24-10-17(23)22-19-15(9-21)14-5-3-4-6-16(14)25-19/h7-8H,3-6,10H2,1-2H3,(H,22,23). The van der Waals surface area contributed by atoms with Crippen molar-refractivity contribution in [3.8, 4) is 11.8 Å². The van der Waals surface area contributed by atoms with Gasteiger partial charge >= 0.3 is 0 Å². The average molecular weight is 375 g/mol. The van der Waals surface area contributed by atoms with Crippen LogP contribution in [0.25, 0.3) is 0 Å². The van der Waals surface area contributed by atoms with E-state index in [1.54, 1.807) is 0 Å². The molecule has 0 aliphatic heterocycles. The number of rotatable bonds is 4. The van der Waals surface area contributed by atoms with Gasteiger partial charge in [-0.2, -0.15) is 5.26 Å². The zero-order valence-corrected chi connectivity index (χ0v) is 15.8. The van der Waals surface area contributed by atoms with Crippen LogP contribution in [0.4, 0.5) is 5.00 Å². The first-order chi connectivity index (χ1) is 12.0. The first-order valence-corrected chi connectivity index (χ1v) is 9.43. The van der Waals surface area contributed by atoms with Crippen LogP contribution in [0.3, 0.4) is 0 Å². The Bertz CT molecular complexity index is 844. The minimum atomic E-state index is -0.264. The molecule has 1 amide bonds. The van der Waals surface area contributed by atoms with E-state index in [1.807, 2.05) is 26.0 Å². The summed E-state index contributed by atoms with van der Waals surface area (Å²) in [4.78, 5) is 13.5. The lowest BCUT2D eigenvalue weighted by molar-refractivity contribution is -0.118. The summed E-state index contributed by atoms with van der Waals surface area (Å²) in [5, 5.41) is 13.6. The third kappa shape index (κ3) is 3.81. The van der Waals surface area contributed by atoms with Crippen molar-refractivity contribution in [3.05, 3.63) is 44.3 Å². The molecular weight excluding hydrogens is 356 g/mol. The molecule has 1 aromatic heterocycles. The SMILES string of the molecule is Cc1cc(OCC(=O)Nc2sc3c(c2C#N)CCCC3)cc(C)c1Cl. The number of benzene rings is 1. The largest absolute Gasteiger partial charge is 0.484 e. The number of nitrogens with one attached hydrogen (secondary N) is 1. The van der Waals surface area contributed by atoms with E-state index in [-0.39, 0.29) is 12.5 Å². The summed E-state index contributed by atoms with van der Waals surface area (Å²) in [6.45, 7) is 3.70. The molecule has 6 heteroatoms. The number of fused-ring (bicyclic) bond motifs is 1. The van der Waals surface area contributed by atoms with Gasteiger partial charge in [0, 0.05) is 9.90 Å². The van der Waals surface area contributed by atoms with Gasteiger partial charge in [-0.15, -0.1) is 11.3 Å². The Morgan fingerprint density at radius 1 is 1.32 bits per heavy atom. The molecule has 1 aromatic carbocycles. The van der Waals surface area contributed by atoms with E-state index >= 15 is 0 Å². The average Bonchev–Trinajstić information content (AvgIpc) is 2.94. The second-order valence-corrected chi connectivity index (χ2v) is 7.72. The van der Waals surface area contributed by atoms with E-state index in [0.29, 0.717) is 21.3 Å². The van der Waals surface area contributed by atoms with Gasteiger partial charge in [0.1, 0.15) is 16.8 Å². The molecule has 0 unspecified atom stereocenters. The lowest BCUT2D eigenvalue weighted by Gasteiger charge is -2.10. The molecule has 0 atom stereocenters. The molecule has 1 N–H and O–H groups in total. The number of hydrogen-bond acceptors (Lipinski definition) is 4. The molecule has 2 aromatic rings. The maximum Gasteiger partial charge on any atom is 0.262 e. The number of amides is 1. The van der Waals surface area contributed by atoms with E-state index in [9.17, 15) is 10.1 Å². The number of hydrogen-bond donors (Lipinski definition) is 1. The quantitative estimate of drug-likeness (QED) is 0.837. The predicted octanol–water partition coefficient (Wildman–Crippen LogP) is 4.79. The number of nitriles is 1. The van der Waals surface area contributed by atoms with Gasteiger partial charge in [-0.05, 0) is 68.4 Å². The molecule has 0 fully saturated rings. The van der Waals surface area contributed by atoms with Crippen molar-refractivity contribution in [2.45, 2.75) is 39.5 Å². The number of halogens is 1. The molecule has 1 aliphatic rings. The molecule has 3 rings (SSSR count). The van der Waals surface area contributed by atoms with Crippen molar-refractivity contribution in [1.82, 2.24) is 0 Å². The summed E-state index contributed by atoms with van der Waals surface area (Å²) in [5.41, 5.74) is 3.55. The third-order valence-corrected chi connectivity index (χ3v) is 6.12. The molecule has 130 valence electrons. The predicted molar refractivity (Wildman–Crippen MR) is 101 cm³/mol. The normalized spacial score (nSPS) is 13.0. The van der Waals surface area contributed by atoms with Crippen molar-refractivity contribution >= 4 is 33.8 Å². The first kappa shape index (κ1) is 17.8. The van der Waals surface area contributed by atoms with Crippen LogP contribution in [0.5, 0.6) is 5.75 Å². The number of ether oxygens (including phenoxy) is 1. The fourth-order valence-electron chi connectivity index (χ4n) is 3.07. The minimum absolute atomic E-state index is 0.103. The Kier molecular flexibility index (Phi) is 5.31. The van der Waals surface area contributed by atoms with Crippen LogP contribution in [0, 0.1) is 25.2 Å². The number of carbonyl (C=O) groups excluding carboxylic acids is 1. The summed E-state index contributed by atoms with van der Waals surface area (Å²) >= 11 is 7.65. The molecule has 1 aliphatic carbocycles. The smallest absolute Gasteiger partial charge is 0.262 e. The number of carbonyl (C=O) groups is 1. The van der Waals surface area contributed by atoms with Gasteiger partial charge in [-0.1, -0.05) is 11.6 Å². The summed E-state index contributed by atoms with van der Waals surface area (Å²) in [6, 6.07) is 5.87. The van der Waals surface area contributed by atoms with Crippen LogP contribution in [0.15, 0.2) is 12.1 Å². The third-order valence-electron chi connectivity index (χ3n) is 4.32. The molecule has 0 saturated carbocycles. The second kappa shape index (κ2) is 7.47. The van der Waals surface area contributed by atoms with Gasteiger partial charge in [0.25, 0.3) is 5.91 Å².